The van der Waals surface area contributed by atoms with E-state index in [1.54, 1.807) is 0 Å². The quantitative estimate of drug-likeness (QED) is 0.823. The van der Waals surface area contributed by atoms with Crippen molar-refractivity contribution in [3.63, 3.8) is 0 Å². The normalized spacial score (nSPS) is 21.4. The highest BCUT2D eigenvalue weighted by molar-refractivity contribution is 7.90. The number of aliphatic hydroxyl groups excluding tert-OH is 2. The number of sulfone groups is 1. The summed E-state index contributed by atoms with van der Waals surface area (Å²) >= 11 is 0. The van der Waals surface area contributed by atoms with Gasteiger partial charge in [-0.2, -0.15) is 8.78 Å². The van der Waals surface area contributed by atoms with Gasteiger partial charge >= 0.3 is 0 Å². The zero-order chi connectivity index (χ0) is 16.2. The van der Waals surface area contributed by atoms with E-state index in [9.17, 15) is 31.1 Å². The van der Waals surface area contributed by atoms with Gasteiger partial charge in [-0.05, 0) is 11.6 Å². The standard InChI is InChI=1S/C12H12F4O4S/c1-21(19,20)8-3-2-7(12(15,16)5-17)6-4-11(13,14)10(18)9(6)8/h2-3,10,17-18H,4-5H2,1H3. The Kier molecular flexibility index (Phi) is 3.59. The molecule has 1 aromatic rings. The van der Waals surface area contributed by atoms with Crippen LogP contribution in [0.25, 0.3) is 0 Å². The molecule has 2 N–H and O–H groups in total. The molecule has 0 heterocycles. The second-order valence-corrected chi connectivity index (χ2v) is 6.96. The highest BCUT2D eigenvalue weighted by atomic mass is 32.2. The highest BCUT2D eigenvalue weighted by Crippen LogP contribution is 2.49. The van der Waals surface area contributed by atoms with Crippen molar-refractivity contribution in [3.05, 3.63) is 28.8 Å². The van der Waals surface area contributed by atoms with Gasteiger partial charge in [-0.1, -0.05) is 6.07 Å². The molecule has 0 aromatic heterocycles. The Hall–Kier alpha value is -1.19. The minimum Gasteiger partial charge on any atom is -0.390 e. The van der Waals surface area contributed by atoms with E-state index in [1.165, 1.54) is 0 Å². The molecule has 1 aliphatic rings. The lowest BCUT2D eigenvalue weighted by Crippen LogP contribution is -2.23. The summed E-state index contributed by atoms with van der Waals surface area (Å²) in [6, 6.07) is 1.44. The van der Waals surface area contributed by atoms with Gasteiger partial charge in [0.05, 0.1) is 4.90 Å². The van der Waals surface area contributed by atoms with Gasteiger partial charge in [0.15, 0.2) is 9.84 Å². The number of fused-ring (bicyclic) bond motifs is 1. The first kappa shape index (κ1) is 16.2. The molecule has 4 nitrogen and oxygen atoms in total. The molecule has 0 bridgehead atoms. The molecule has 1 atom stereocenters. The van der Waals surface area contributed by atoms with E-state index < -0.39 is 62.4 Å². The van der Waals surface area contributed by atoms with Gasteiger partial charge < -0.3 is 10.2 Å². The third-order valence-electron chi connectivity index (χ3n) is 3.40. The summed E-state index contributed by atoms with van der Waals surface area (Å²) in [7, 11) is -3.98. The van der Waals surface area contributed by atoms with Gasteiger partial charge in [0, 0.05) is 23.8 Å². The minimum absolute atomic E-state index is 0.611. The van der Waals surface area contributed by atoms with Gasteiger partial charge in [-0.3, -0.25) is 0 Å². The van der Waals surface area contributed by atoms with Crippen LogP contribution < -0.4 is 0 Å². The Labute approximate surface area is 117 Å². The lowest BCUT2D eigenvalue weighted by Gasteiger charge is -2.19. The molecule has 21 heavy (non-hydrogen) atoms. The third-order valence-corrected chi connectivity index (χ3v) is 4.55. The molecule has 0 fully saturated rings. The van der Waals surface area contributed by atoms with Crippen LogP contribution in [0.2, 0.25) is 0 Å². The van der Waals surface area contributed by atoms with E-state index in [2.05, 4.69) is 0 Å². The van der Waals surface area contributed by atoms with Crippen LogP contribution in [0.15, 0.2) is 17.0 Å². The molecule has 0 spiro atoms. The molecule has 2 rings (SSSR count). The van der Waals surface area contributed by atoms with E-state index in [1.807, 2.05) is 0 Å². The van der Waals surface area contributed by atoms with Crippen LogP contribution >= 0.6 is 0 Å². The number of aliphatic hydroxyl groups is 2. The average molecular weight is 328 g/mol. The van der Waals surface area contributed by atoms with E-state index in [0.29, 0.717) is 6.07 Å². The van der Waals surface area contributed by atoms with Crippen molar-refractivity contribution >= 4 is 9.84 Å². The summed E-state index contributed by atoms with van der Waals surface area (Å²) in [6.45, 7) is -1.61. The zero-order valence-electron chi connectivity index (χ0n) is 10.8. The topological polar surface area (TPSA) is 74.6 Å². The molecule has 9 heteroatoms. The monoisotopic (exact) mass is 328 g/mol. The highest BCUT2D eigenvalue weighted by Gasteiger charge is 2.52. The van der Waals surface area contributed by atoms with Gasteiger partial charge in [-0.15, -0.1) is 0 Å². The Morgan fingerprint density at radius 2 is 1.95 bits per heavy atom. The fourth-order valence-electron chi connectivity index (χ4n) is 2.43. The van der Waals surface area contributed by atoms with Crippen molar-refractivity contribution in [1.82, 2.24) is 0 Å². The third kappa shape index (κ3) is 2.53. The largest absolute Gasteiger partial charge is 0.390 e. The zero-order valence-corrected chi connectivity index (χ0v) is 11.6. The molecule has 118 valence electrons. The smallest absolute Gasteiger partial charge is 0.296 e. The van der Waals surface area contributed by atoms with Crippen LogP contribution in [0.3, 0.4) is 0 Å². The summed E-state index contributed by atoms with van der Waals surface area (Å²) in [5, 5.41) is 18.3. The number of benzene rings is 1. The van der Waals surface area contributed by atoms with Crippen LogP contribution in [0, 0.1) is 0 Å². The maximum atomic E-state index is 13.6. The number of alkyl halides is 4. The Morgan fingerprint density at radius 1 is 1.38 bits per heavy atom. The van der Waals surface area contributed by atoms with Crippen LogP contribution in [-0.2, 0) is 22.2 Å². The van der Waals surface area contributed by atoms with Gasteiger partial charge in [-0.25, -0.2) is 17.2 Å². The van der Waals surface area contributed by atoms with E-state index in [-0.39, 0.29) is 0 Å². The summed E-state index contributed by atoms with van der Waals surface area (Å²) < 4.78 is 77.7. The summed E-state index contributed by atoms with van der Waals surface area (Å²) in [5.74, 6) is -7.55. The maximum Gasteiger partial charge on any atom is 0.296 e. The predicted octanol–water partition coefficient (Wildman–Crippen LogP) is 1.40. The first-order chi connectivity index (χ1) is 9.42. The van der Waals surface area contributed by atoms with Gasteiger partial charge in [0.1, 0.15) is 12.7 Å². The van der Waals surface area contributed by atoms with E-state index >= 15 is 0 Å². The van der Waals surface area contributed by atoms with Crippen LogP contribution in [0.5, 0.6) is 0 Å². The van der Waals surface area contributed by atoms with Crippen molar-refractivity contribution in [1.29, 1.82) is 0 Å². The lowest BCUT2D eigenvalue weighted by atomic mass is 9.98. The summed E-state index contributed by atoms with van der Waals surface area (Å²) in [6.07, 6.45) is -2.96. The molecule has 1 unspecified atom stereocenters. The molecule has 1 aliphatic carbocycles. The van der Waals surface area contributed by atoms with Gasteiger partial charge in [0.25, 0.3) is 11.8 Å². The molecule has 0 radical (unpaired) electrons. The number of hydrogen-bond acceptors (Lipinski definition) is 4. The molecule has 0 aliphatic heterocycles. The Balaban J connectivity index is 2.81. The number of halogens is 4. The summed E-state index contributed by atoms with van der Waals surface area (Å²) in [4.78, 5) is -0.611. The maximum absolute atomic E-state index is 13.6. The second kappa shape index (κ2) is 4.65. The first-order valence-corrected chi connectivity index (χ1v) is 7.72. The number of rotatable bonds is 3. The molecule has 0 amide bonds. The SMILES string of the molecule is CS(=O)(=O)c1ccc(C(F)(F)CO)c2c1C(O)C(F)(F)C2. The van der Waals surface area contributed by atoms with E-state index in [4.69, 9.17) is 5.11 Å². The summed E-state index contributed by atoms with van der Waals surface area (Å²) in [5.41, 5.74) is -2.24. The van der Waals surface area contributed by atoms with Crippen LogP contribution in [0.1, 0.15) is 22.8 Å². The van der Waals surface area contributed by atoms with Crippen molar-refractivity contribution in [2.75, 3.05) is 12.9 Å². The first-order valence-electron chi connectivity index (χ1n) is 5.82. The molecular formula is C12H12F4O4S. The minimum atomic E-state index is -3.98. The second-order valence-electron chi connectivity index (χ2n) is 4.98. The van der Waals surface area contributed by atoms with Crippen molar-refractivity contribution < 1.29 is 36.2 Å². The molecule has 0 saturated carbocycles. The van der Waals surface area contributed by atoms with Crippen LogP contribution in [0.4, 0.5) is 17.6 Å². The van der Waals surface area contributed by atoms with Crippen molar-refractivity contribution in [2.45, 2.75) is 29.3 Å². The van der Waals surface area contributed by atoms with E-state index in [0.717, 1.165) is 12.3 Å². The lowest BCUT2D eigenvalue weighted by molar-refractivity contribution is -0.0980. The van der Waals surface area contributed by atoms with Gasteiger partial charge in [0.2, 0.25) is 0 Å². The fraction of sp³-hybridized carbons (Fsp3) is 0.500. The fourth-order valence-corrected chi connectivity index (χ4v) is 3.38. The number of hydrogen-bond donors (Lipinski definition) is 2. The predicted molar refractivity (Wildman–Crippen MR) is 64.1 cm³/mol. The Bertz CT molecular complexity index is 685. The van der Waals surface area contributed by atoms with Crippen LogP contribution in [-0.4, -0.2) is 37.4 Å². The molecule has 0 saturated heterocycles. The Morgan fingerprint density at radius 3 is 2.43 bits per heavy atom. The molecular weight excluding hydrogens is 316 g/mol. The van der Waals surface area contributed by atoms with Crippen molar-refractivity contribution in [3.8, 4) is 0 Å². The molecule has 1 aromatic carbocycles. The average Bonchev–Trinajstić information content (AvgIpc) is 2.58. The van der Waals surface area contributed by atoms with Crippen molar-refractivity contribution in [2.24, 2.45) is 0 Å².